The summed E-state index contributed by atoms with van der Waals surface area (Å²) in [7, 11) is -3.71. The van der Waals surface area contributed by atoms with Crippen molar-refractivity contribution in [1.82, 2.24) is 0 Å². The first kappa shape index (κ1) is 15.9. The van der Waals surface area contributed by atoms with Gasteiger partial charge in [0.15, 0.2) is 0 Å². The molecule has 3 N–H and O–H groups in total. The van der Waals surface area contributed by atoms with Gasteiger partial charge in [0.2, 0.25) is 0 Å². The fraction of sp³-hybridized carbons (Fsp3) is 0. The molecule has 0 aliphatic heterocycles. The van der Waals surface area contributed by atoms with Gasteiger partial charge in [0.1, 0.15) is 11.5 Å². The Morgan fingerprint density at radius 3 is 2.00 bits per heavy atom. The molecule has 3 rings (SSSR count). The quantitative estimate of drug-likeness (QED) is 0.691. The number of para-hydroxylation sites is 3. The molecule has 24 heavy (non-hydrogen) atoms. The third-order valence-electron chi connectivity index (χ3n) is 3.32. The Morgan fingerprint density at radius 1 is 0.750 bits per heavy atom. The average molecular weight is 340 g/mol. The Kier molecular flexibility index (Phi) is 4.39. The van der Waals surface area contributed by atoms with Crippen LogP contribution < -0.4 is 15.2 Å². The van der Waals surface area contributed by atoms with Gasteiger partial charge in [-0.3, -0.25) is 4.72 Å². The van der Waals surface area contributed by atoms with Crippen molar-refractivity contribution >= 4 is 21.4 Å². The summed E-state index contributed by atoms with van der Waals surface area (Å²) >= 11 is 0. The molecule has 0 saturated carbocycles. The molecule has 0 aliphatic carbocycles. The summed E-state index contributed by atoms with van der Waals surface area (Å²) in [5.41, 5.74) is 6.48. The largest absolute Gasteiger partial charge is 0.457 e. The number of benzene rings is 3. The van der Waals surface area contributed by atoms with Gasteiger partial charge in [-0.15, -0.1) is 0 Å². The number of nitrogen functional groups attached to an aromatic ring is 1. The lowest BCUT2D eigenvalue weighted by Crippen LogP contribution is -2.13. The third kappa shape index (κ3) is 3.67. The van der Waals surface area contributed by atoms with Gasteiger partial charge in [-0.1, -0.05) is 30.3 Å². The molecule has 0 unspecified atom stereocenters. The van der Waals surface area contributed by atoms with Crippen molar-refractivity contribution in [1.29, 1.82) is 0 Å². The summed E-state index contributed by atoms with van der Waals surface area (Å²) in [6.45, 7) is 0. The highest BCUT2D eigenvalue weighted by Gasteiger charge is 2.15. The van der Waals surface area contributed by atoms with E-state index in [1.807, 2.05) is 30.3 Å². The van der Waals surface area contributed by atoms with E-state index >= 15 is 0 Å². The van der Waals surface area contributed by atoms with E-state index in [2.05, 4.69) is 4.72 Å². The number of rotatable bonds is 5. The van der Waals surface area contributed by atoms with Crippen LogP contribution in [0.4, 0.5) is 11.4 Å². The maximum absolute atomic E-state index is 12.4. The van der Waals surface area contributed by atoms with Crippen LogP contribution in [-0.4, -0.2) is 8.42 Å². The maximum Gasteiger partial charge on any atom is 0.261 e. The fourth-order valence-electron chi connectivity index (χ4n) is 2.11. The van der Waals surface area contributed by atoms with E-state index in [0.717, 1.165) is 0 Å². The number of anilines is 2. The van der Waals surface area contributed by atoms with E-state index in [1.165, 1.54) is 12.1 Å². The highest BCUT2D eigenvalue weighted by atomic mass is 32.2. The van der Waals surface area contributed by atoms with E-state index < -0.39 is 10.0 Å². The zero-order chi connectivity index (χ0) is 17.0. The number of nitrogens with two attached hydrogens (primary N) is 1. The number of nitrogens with one attached hydrogen (secondary N) is 1. The molecule has 0 radical (unpaired) electrons. The lowest BCUT2D eigenvalue weighted by Gasteiger charge is -2.11. The molecule has 0 amide bonds. The first-order valence-corrected chi connectivity index (χ1v) is 8.73. The lowest BCUT2D eigenvalue weighted by molar-refractivity contribution is 0.482. The van der Waals surface area contributed by atoms with Crippen molar-refractivity contribution in [3.63, 3.8) is 0 Å². The molecule has 0 heterocycles. The van der Waals surface area contributed by atoms with Crippen LogP contribution in [0.15, 0.2) is 83.8 Å². The average Bonchev–Trinajstić information content (AvgIpc) is 2.58. The van der Waals surface area contributed by atoms with Crippen LogP contribution in [0.2, 0.25) is 0 Å². The van der Waals surface area contributed by atoms with Gasteiger partial charge in [0, 0.05) is 0 Å². The molecule has 3 aromatic carbocycles. The zero-order valence-corrected chi connectivity index (χ0v) is 13.5. The molecule has 0 bridgehead atoms. The minimum Gasteiger partial charge on any atom is -0.457 e. The van der Waals surface area contributed by atoms with Crippen molar-refractivity contribution in [2.45, 2.75) is 4.90 Å². The van der Waals surface area contributed by atoms with E-state index in [1.54, 1.807) is 36.4 Å². The second kappa shape index (κ2) is 6.64. The topological polar surface area (TPSA) is 81.4 Å². The third-order valence-corrected chi connectivity index (χ3v) is 4.70. The van der Waals surface area contributed by atoms with Crippen molar-refractivity contribution in [2.75, 3.05) is 10.5 Å². The van der Waals surface area contributed by atoms with Crippen LogP contribution in [0, 0.1) is 0 Å². The summed E-state index contributed by atoms with van der Waals surface area (Å²) in [6.07, 6.45) is 0. The highest BCUT2D eigenvalue weighted by molar-refractivity contribution is 7.92. The monoisotopic (exact) mass is 340 g/mol. The number of sulfonamides is 1. The van der Waals surface area contributed by atoms with Crippen molar-refractivity contribution < 1.29 is 13.2 Å². The summed E-state index contributed by atoms with van der Waals surface area (Å²) in [6, 6.07) is 22.1. The second-order valence-corrected chi connectivity index (χ2v) is 6.76. The number of hydrogen-bond donors (Lipinski definition) is 2. The van der Waals surface area contributed by atoms with Crippen molar-refractivity contribution in [2.24, 2.45) is 0 Å². The molecule has 6 heteroatoms. The van der Waals surface area contributed by atoms with E-state index in [4.69, 9.17) is 10.5 Å². The minimum atomic E-state index is -3.71. The van der Waals surface area contributed by atoms with Gasteiger partial charge < -0.3 is 10.5 Å². The molecular weight excluding hydrogens is 324 g/mol. The van der Waals surface area contributed by atoms with Crippen LogP contribution >= 0.6 is 0 Å². The van der Waals surface area contributed by atoms with Crippen LogP contribution in [-0.2, 0) is 10.0 Å². The van der Waals surface area contributed by atoms with Gasteiger partial charge in [0.25, 0.3) is 10.0 Å². The summed E-state index contributed by atoms with van der Waals surface area (Å²) in [4.78, 5) is 0.131. The maximum atomic E-state index is 12.4. The Hall–Kier alpha value is -2.99. The van der Waals surface area contributed by atoms with Gasteiger partial charge in [-0.2, -0.15) is 0 Å². The summed E-state index contributed by atoms with van der Waals surface area (Å²) in [5, 5.41) is 0. The van der Waals surface area contributed by atoms with E-state index in [-0.39, 0.29) is 4.90 Å². The summed E-state index contributed by atoms with van der Waals surface area (Å²) in [5.74, 6) is 1.24. The first-order valence-electron chi connectivity index (χ1n) is 7.25. The molecule has 0 spiro atoms. The van der Waals surface area contributed by atoms with Gasteiger partial charge in [0.05, 0.1) is 16.3 Å². The molecule has 0 aromatic heterocycles. The van der Waals surface area contributed by atoms with Crippen LogP contribution in [0.3, 0.4) is 0 Å². The molecule has 5 nitrogen and oxygen atoms in total. The van der Waals surface area contributed by atoms with E-state index in [9.17, 15) is 8.42 Å². The summed E-state index contributed by atoms with van der Waals surface area (Å²) < 4.78 is 33.0. The molecular formula is C18H16N2O3S. The normalized spacial score (nSPS) is 11.0. The predicted molar refractivity (Wildman–Crippen MR) is 94.6 cm³/mol. The minimum absolute atomic E-state index is 0.131. The first-order chi connectivity index (χ1) is 11.5. The van der Waals surface area contributed by atoms with Crippen molar-refractivity contribution in [3.05, 3.63) is 78.9 Å². The van der Waals surface area contributed by atoms with Crippen LogP contribution in [0.5, 0.6) is 11.5 Å². The van der Waals surface area contributed by atoms with Gasteiger partial charge in [-0.25, -0.2) is 8.42 Å². The SMILES string of the molecule is Nc1ccccc1NS(=O)(=O)c1ccc(Oc2ccccc2)cc1. The number of hydrogen-bond acceptors (Lipinski definition) is 4. The molecule has 0 saturated heterocycles. The highest BCUT2D eigenvalue weighted by Crippen LogP contribution is 2.25. The molecule has 0 fully saturated rings. The second-order valence-electron chi connectivity index (χ2n) is 5.08. The Bertz CT molecular complexity index is 924. The van der Waals surface area contributed by atoms with Crippen molar-refractivity contribution in [3.8, 4) is 11.5 Å². The lowest BCUT2D eigenvalue weighted by atomic mass is 10.3. The van der Waals surface area contributed by atoms with Gasteiger partial charge in [-0.05, 0) is 48.5 Å². The smallest absolute Gasteiger partial charge is 0.261 e. The fourth-order valence-corrected chi connectivity index (χ4v) is 3.19. The molecule has 3 aromatic rings. The Labute approximate surface area is 140 Å². The predicted octanol–water partition coefficient (Wildman–Crippen LogP) is 3.86. The van der Waals surface area contributed by atoms with E-state index in [0.29, 0.717) is 22.9 Å². The molecule has 0 atom stereocenters. The molecule has 122 valence electrons. The van der Waals surface area contributed by atoms with Crippen LogP contribution in [0.25, 0.3) is 0 Å². The van der Waals surface area contributed by atoms with Crippen LogP contribution in [0.1, 0.15) is 0 Å². The van der Waals surface area contributed by atoms with Gasteiger partial charge >= 0.3 is 0 Å². The Balaban J connectivity index is 1.78. The zero-order valence-electron chi connectivity index (χ0n) is 12.7. The standard InChI is InChI=1S/C18H16N2O3S/c19-17-8-4-5-9-18(17)20-24(21,22)16-12-10-15(11-13-16)23-14-6-2-1-3-7-14/h1-13,20H,19H2. The molecule has 0 aliphatic rings. The number of ether oxygens (including phenoxy) is 1. The Morgan fingerprint density at radius 2 is 1.33 bits per heavy atom.